The fourth-order valence-electron chi connectivity index (χ4n) is 4.02. The molecule has 1 N–H and O–H groups in total. The lowest BCUT2D eigenvalue weighted by atomic mass is 9.73. The Morgan fingerprint density at radius 2 is 2.00 bits per heavy atom. The highest BCUT2D eigenvalue weighted by atomic mass is 32.2. The topological polar surface area (TPSA) is 59.8 Å². The molecule has 2 aliphatic rings. The van der Waals surface area contributed by atoms with Crippen LogP contribution in [0.2, 0.25) is 0 Å². The van der Waals surface area contributed by atoms with Crippen LogP contribution in [-0.2, 0) is 4.79 Å². The normalized spacial score (nSPS) is 20.6. The number of Topliss-reactive ketones (excluding diaryl/α,β-unsaturated/α-hetero) is 1. The molecule has 0 radical (unpaired) electrons. The average Bonchev–Trinajstić information content (AvgIpc) is 3.02. The van der Waals surface area contributed by atoms with Gasteiger partial charge in [-0.05, 0) is 30.7 Å². The first-order valence-electron chi connectivity index (χ1n) is 10.1. The summed E-state index contributed by atoms with van der Waals surface area (Å²) < 4.78 is 1.91. The van der Waals surface area contributed by atoms with Crippen molar-refractivity contribution in [2.45, 2.75) is 64.6 Å². The maximum atomic E-state index is 13.2. The first-order chi connectivity index (χ1) is 13.4. The van der Waals surface area contributed by atoms with Gasteiger partial charge in [0.2, 0.25) is 11.1 Å². The molecule has 5 nitrogen and oxygen atoms in total. The number of hydrogen-bond donors (Lipinski definition) is 1. The van der Waals surface area contributed by atoms with Crippen LogP contribution in [0.15, 0.2) is 40.7 Å². The Bertz CT molecular complexity index is 927. The maximum Gasteiger partial charge on any atom is 0.227 e. The van der Waals surface area contributed by atoms with Crippen LogP contribution in [0, 0.1) is 12.3 Å². The van der Waals surface area contributed by atoms with Gasteiger partial charge in [0.25, 0.3) is 0 Å². The van der Waals surface area contributed by atoms with Crippen molar-refractivity contribution in [3.63, 3.8) is 0 Å². The van der Waals surface area contributed by atoms with E-state index in [9.17, 15) is 4.79 Å². The number of aryl methyl sites for hydroxylation is 1. The van der Waals surface area contributed by atoms with Crippen molar-refractivity contribution in [3.8, 4) is 0 Å². The number of rotatable bonds is 5. The molecule has 1 aliphatic carbocycles. The number of ketones is 1. The number of thioether (sulfide) groups is 1. The number of allylic oxidation sites excluding steroid dienone is 2. The van der Waals surface area contributed by atoms with Crippen LogP contribution in [0.1, 0.15) is 63.6 Å². The fraction of sp³-hybridized carbons (Fsp3) is 0.500. The number of carbonyl (C=O) groups excluding carboxylic acids is 1. The van der Waals surface area contributed by atoms with Gasteiger partial charge in [0, 0.05) is 23.4 Å². The summed E-state index contributed by atoms with van der Waals surface area (Å²) in [5, 5.41) is 9.00. The van der Waals surface area contributed by atoms with Gasteiger partial charge in [-0.25, -0.2) is 4.68 Å². The second-order valence-corrected chi connectivity index (χ2v) is 9.70. The molecular formula is C22H28N4OS. The minimum Gasteiger partial charge on any atom is -0.328 e. The van der Waals surface area contributed by atoms with E-state index < -0.39 is 0 Å². The van der Waals surface area contributed by atoms with Crippen molar-refractivity contribution >= 4 is 23.5 Å². The number of nitrogens with zero attached hydrogens (tertiary/aromatic N) is 3. The average molecular weight is 397 g/mol. The molecule has 4 rings (SSSR count). The van der Waals surface area contributed by atoms with Crippen LogP contribution in [0.5, 0.6) is 0 Å². The standard InChI is InChI=1S/C22H28N4OS/c1-5-6-11-28-21-24-20-23-16-12-22(3,4)13-17(27)18(16)19(26(20)25-21)15-9-7-14(2)8-10-15/h7-10,19H,5-6,11-13H2,1-4H3,(H,23,24,25). The summed E-state index contributed by atoms with van der Waals surface area (Å²) >= 11 is 1.69. The van der Waals surface area contributed by atoms with Crippen molar-refractivity contribution in [1.82, 2.24) is 14.8 Å². The fourth-order valence-corrected chi connectivity index (χ4v) is 4.93. The summed E-state index contributed by atoms with van der Waals surface area (Å²) in [6, 6.07) is 8.21. The predicted molar refractivity (Wildman–Crippen MR) is 114 cm³/mol. The van der Waals surface area contributed by atoms with E-state index in [2.05, 4.69) is 57.3 Å². The smallest absolute Gasteiger partial charge is 0.227 e. The zero-order chi connectivity index (χ0) is 19.9. The number of aromatic nitrogens is 3. The molecule has 0 saturated heterocycles. The quantitative estimate of drug-likeness (QED) is 0.560. The molecule has 1 unspecified atom stereocenters. The Hall–Kier alpha value is -2.08. The molecule has 0 bridgehead atoms. The summed E-state index contributed by atoms with van der Waals surface area (Å²) in [4.78, 5) is 17.9. The maximum absolute atomic E-state index is 13.2. The molecule has 148 valence electrons. The van der Waals surface area contributed by atoms with E-state index in [0.717, 1.165) is 53.0 Å². The second-order valence-electron chi connectivity index (χ2n) is 8.64. The van der Waals surface area contributed by atoms with Gasteiger partial charge in [-0.3, -0.25) is 4.79 Å². The highest BCUT2D eigenvalue weighted by Gasteiger charge is 2.41. The minimum absolute atomic E-state index is 0.0400. The first-order valence-corrected chi connectivity index (χ1v) is 11.1. The number of anilines is 1. The largest absolute Gasteiger partial charge is 0.328 e. The van der Waals surface area contributed by atoms with Crippen LogP contribution in [0.25, 0.3) is 0 Å². The lowest BCUT2D eigenvalue weighted by molar-refractivity contribution is -0.118. The Balaban J connectivity index is 1.78. The Labute approximate surface area is 171 Å². The minimum atomic E-state index is -0.205. The number of carbonyl (C=O) groups is 1. The van der Waals surface area contributed by atoms with Crippen molar-refractivity contribution in [3.05, 3.63) is 46.7 Å². The van der Waals surface area contributed by atoms with Crippen LogP contribution < -0.4 is 5.32 Å². The summed E-state index contributed by atoms with van der Waals surface area (Å²) in [5.41, 5.74) is 4.12. The second kappa shape index (κ2) is 7.39. The van der Waals surface area contributed by atoms with E-state index in [1.165, 1.54) is 5.56 Å². The lowest BCUT2D eigenvalue weighted by Crippen LogP contribution is -2.36. The third-order valence-corrected chi connectivity index (χ3v) is 6.36. The molecule has 1 aromatic carbocycles. The molecule has 28 heavy (non-hydrogen) atoms. The molecule has 0 saturated carbocycles. The van der Waals surface area contributed by atoms with Crippen LogP contribution >= 0.6 is 11.8 Å². The van der Waals surface area contributed by atoms with Gasteiger partial charge in [-0.2, -0.15) is 4.98 Å². The first kappa shape index (κ1) is 19.2. The predicted octanol–water partition coefficient (Wildman–Crippen LogP) is 5.14. The number of nitrogens with one attached hydrogen (secondary N) is 1. The van der Waals surface area contributed by atoms with Gasteiger partial charge < -0.3 is 5.32 Å². The van der Waals surface area contributed by atoms with Gasteiger partial charge in [0.1, 0.15) is 6.04 Å². The van der Waals surface area contributed by atoms with E-state index in [0.29, 0.717) is 6.42 Å². The number of unbranched alkanes of at least 4 members (excludes halogenated alkanes) is 1. The number of fused-ring (bicyclic) bond motifs is 1. The zero-order valence-corrected chi connectivity index (χ0v) is 17.9. The summed E-state index contributed by atoms with van der Waals surface area (Å²) in [7, 11) is 0. The number of benzene rings is 1. The van der Waals surface area contributed by atoms with Gasteiger partial charge >= 0.3 is 0 Å². The molecule has 1 aliphatic heterocycles. The Morgan fingerprint density at radius 3 is 2.71 bits per heavy atom. The molecule has 0 amide bonds. The van der Waals surface area contributed by atoms with Gasteiger partial charge in [0.15, 0.2) is 5.78 Å². The lowest BCUT2D eigenvalue weighted by Gasteiger charge is -2.38. The van der Waals surface area contributed by atoms with Crippen molar-refractivity contribution < 1.29 is 4.79 Å². The SMILES string of the molecule is CCCCSc1nc2n(n1)C(c1ccc(C)cc1)C1=C(CC(C)(C)CC1=O)N2. The van der Waals surface area contributed by atoms with Gasteiger partial charge in [-0.1, -0.05) is 68.8 Å². The summed E-state index contributed by atoms with van der Waals surface area (Å²) in [6.45, 7) is 8.58. The van der Waals surface area contributed by atoms with Gasteiger partial charge in [-0.15, -0.1) is 5.10 Å². The van der Waals surface area contributed by atoms with Crippen LogP contribution in [0.4, 0.5) is 5.95 Å². The summed E-state index contributed by atoms with van der Waals surface area (Å²) in [5.74, 6) is 1.97. The Kier molecular flexibility index (Phi) is 5.08. The van der Waals surface area contributed by atoms with E-state index in [1.54, 1.807) is 11.8 Å². The molecule has 1 aromatic heterocycles. The molecule has 0 spiro atoms. The van der Waals surface area contributed by atoms with E-state index in [4.69, 9.17) is 10.1 Å². The third-order valence-electron chi connectivity index (χ3n) is 5.43. The monoisotopic (exact) mass is 396 g/mol. The molecule has 6 heteroatoms. The highest BCUT2D eigenvalue weighted by Crippen LogP contribution is 2.45. The molecule has 2 heterocycles. The van der Waals surface area contributed by atoms with Crippen molar-refractivity contribution in [2.75, 3.05) is 11.1 Å². The van der Waals surface area contributed by atoms with Crippen molar-refractivity contribution in [1.29, 1.82) is 0 Å². The van der Waals surface area contributed by atoms with E-state index >= 15 is 0 Å². The van der Waals surface area contributed by atoms with E-state index in [1.807, 2.05) is 4.68 Å². The van der Waals surface area contributed by atoms with Crippen molar-refractivity contribution in [2.24, 2.45) is 5.41 Å². The molecule has 0 fully saturated rings. The van der Waals surface area contributed by atoms with Crippen LogP contribution in [-0.4, -0.2) is 26.3 Å². The van der Waals surface area contributed by atoms with Crippen LogP contribution in [0.3, 0.4) is 0 Å². The van der Waals surface area contributed by atoms with E-state index in [-0.39, 0.29) is 17.2 Å². The molecule has 2 aromatic rings. The van der Waals surface area contributed by atoms with Gasteiger partial charge in [0.05, 0.1) is 0 Å². The summed E-state index contributed by atoms with van der Waals surface area (Å²) in [6.07, 6.45) is 3.72. The molecular weight excluding hydrogens is 368 g/mol. The number of hydrogen-bond acceptors (Lipinski definition) is 5. The third kappa shape index (κ3) is 3.62. The highest BCUT2D eigenvalue weighted by molar-refractivity contribution is 7.99. The Morgan fingerprint density at radius 1 is 1.25 bits per heavy atom. The zero-order valence-electron chi connectivity index (χ0n) is 17.1. The molecule has 1 atom stereocenters.